The summed E-state index contributed by atoms with van der Waals surface area (Å²) in [7, 11) is 0. The Hall–Kier alpha value is -11.2. The zero-order valence-corrected chi connectivity index (χ0v) is 50.7. The lowest BCUT2D eigenvalue weighted by Crippen LogP contribution is -2.44. The maximum Gasteiger partial charge on any atom is 0.0789 e. The van der Waals surface area contributed by atoms with Crippen LogP contribution in [-0.2, 0) is 23.7 Å². The van der Waals surface area contributed by atoms with Gasteiger partial charge < -0.3 is 18.6 Å². The van der Waals surface area contributed by atoms with Gasteiger partial charge in [-0.1, -0.05) is 230 Å². The largest absolute Gasteiger partial charge is 0.310 e. The van der Waals surface area contributed by atoms with Crippen LogP contribution in [0.2, 0.25) is 0 Å². The molecule has 5 heterocycles. The third-order valence-corrected chi connectivity index (χ3v) is 22.2. The van der Waals surface area contributed by atoms with E-state index in [9.17, 15) is 0 Å². The zero-order chi connectivity index (χ0) is 60.0. The molecule has 0 amide bonds. The average molecular weight is 1170 g/mol. The Morgan fingerprint density at radius 1 is 0.315 bits per heavy atom. The summed E-state index contributed by atoms with van der Waals surface area (Å²) in [6, 6.07) is 111. The van der Waals surface area contributed by atoms with E-state index in [4.69, 9.17) is 0 Å². The molecule has 3 aromatic heterocycles. The molecule has 0 saturated heterocycles. The summed E-state index contributed by atoms with van der Waals surface area (Å²) in [5.41, 5.74) is 33.9. The van der Waals surface area contributed by atoms with E-state index in [0.29, 0.717) is 5.92 Å². The molecule has 0 saturated carbocycles. The van der Waals surface area contributed by atoms with Crippen LogP contribution in [0, 0.1) is 5.92 Å². The van der Waals surface area contributed by atoms with E-state index in [2.05, 4.69) is 316 Å². The zero-order valence-electron chi connectivity index (χ0n) is 50.7. The standard InChI is InChI=1S/C88H60N4/c1-7-27-67-57(21-1)53-58-22-2-8-28-68(58)87(67)71-31-11-17-37-77(71)89(78-38-18-12-32-72(78)87)61-45-41-55(42-46-61)63-49-51-81-85-83(63)65-25-5-15-35-75(65)91(85)82-52-50-64(84-66-26-6-16-36-76(66)92(81)86(82)84)56-43-47-62(48-44-56)90-79-39-19-13-33-73(79)88(74-34-14-20-40-80(74)90)69-29-9-3-23-59(69)54-60-24-4-10-30-70(60)88/h1-3,5-9,11-23,25-52,60H,4,10,24,53-54H2. The third-order valence-electron chi connectivity index (χ3n) is 22.2. The monoisotopic (exact) mass is 1170 g/mol. The van der Waals surface area contributed by atoms with Crippen LogP contribution in [0.15, 0.2) is 303 Å². The first-order chi connectivity index (χ1) is 45.7. The second kappa shape index (κ2) is 18.7. The summed E-state index contributed by atoms with van der Waals surface area (Å²) < 4.78 is 5.14. The smallest absolute Gasteiger partial charge is 0.0789 e. The molecule has 1 atom stereocenters. The number of allylic oxidation sites excluding steroid dienone is 2. The fraction of sp³-hybridized carbons (Fsp3) is 0.0909. The Bertz CT molecular complexity index is 5690. The second-order valence-electron chi connectivity index (χ2n) is 26.4. The molecule has 4 heteroatoms. The molecule has 16 aromatic rings. The highest BCUT2D eigenvalue weighted by molar-refractivity contribution is 6.26. The number of para-hydroxylation sites is 6. The highest BCUT2D eigenvalue weighted by atomic mass is 15.2. The van der Waals surface area contributed by atoms with Gasteiger partial charge in [0.25, 0.3) is 0 Å². The van der Waals surface area contributed by atoms with E-state index in [0.717, 1.165) is 30.6 Å². The van der Waals surface area contributed by atoms with E-state index in [1.807, 2.05) is 0 Å². The predicted octanol–water partition coefficient (Wildman–Crippen LogP) is 22.0. The van der Waals surface area contributed by atoms with Crippen molar-refractivity contribution >= 4 is 88.8 Å². The SMILES string of the molecule is C1=C2C(CCC1)Cc1ccccc1C21c2ccccc2N(c2ccc(-c3ccc4c5c3c3ccccc3n5c3ccc(-c5ccc(N6c7ccccc7C7(c8ccccc8Cc8ccccc87)c7ccccc76)cc5)c5c6ccccc6n4c53)cc2)c2ccccc21. The molecule has 0 fully saturated rings. The molecule has 2 spiro atoms. The van der Waals surface area contributed by atoms with Crippen molar-refractivity contribution in [3.05, 3.63) is 358 Å². The molecule has 432 valence electrons. The highest BCUT2D eigenvalue weighted by Crippen LogP contribution is 2.64. The van der Waals surface area contributed by atoms with Crippen molar-refractivity contribution in [1.82, 2.24) is 8.80 Å². The average Bonchev–Trinajstić information content (AvgIpc) is 0.973. The van der Waals surface area contributed by atoms with E-state index >= 15 is 0 Å². The number of hydrogen-bond donors (Lipinski definition) is 0. The van der Waals surface area contributed by atoms with Crippen molar-refractivity contribution in [3.8, 4) is 22.3 Å². The Morgan fingerprint density at radius 3 is 1.16 bits per heavy atom. The molecule has 92 heavy (non-hydrogen) atoms. The van der Waals surface area contributed by atoms with Crippen molar-refractivity contribution in [2.75, 3.05) is 9.80 Å². The van der Waals surface area contributed by atoms with Gasteiger partial charge in [0.05, 0.1) is 66.7 Å². The molecule has 0 bridgehead atoms. The number of rotatable bonds is 4. The van der Waals surface area contributed by atoms with Gasteiger partial charge in [0, 0.05) is 32.9 Å². The van der Waals surface area contributed by atoms with Gasteiger partial charge in [-0.3, -0.25) is 0 Å². The van der Waals surface area contributed by atoms with Crippen LogP contribution < -0.4 is 9.80 Å². The molecular weight excluding hydrogens is 1110 g/mol. The lowest BCUT2D eigenvalue weighted by atomic mass is 9.53. The van der Waals surface area contributed by atoms with E-state index in [-0.39, 0.29) is 5.41 Å². The van der Waals surface area contributed by atoms with Crippen molar-refractivity contribution in [1.29, 1.82) is 0 Å². The second-order valence-corrected chi connectivity index (χ2v) is 26.4. The molecule has 2 aliphatic heterocycles. The van der Waals surface area contributed by atoms with Crippen LogP contribution in [0.1, 0.15) is 74.9 Å². The maximum atomic E-state index is 2.62. The predicted molar refractivity (Wildman–Crippen MR) is 380 cm³/mol. The van der Waals surface area contributed by atoms with Gasteiger partial charge in [0.1, 0.15) is 0 Å². The summed E-state index contributed by atoms with van der Waals surface area (Å²) >= 11 is 0. The molecule has 21 rings (SSSR count). The van der Waals surface area contributed by atoms with Crippen LogP contribution in [-0.4, -0.2) is 8.80 Å². The lowest BCUT2D eigenvalue weighted by molar-refractivity contribution is 0.430. The maximum absolute atomic E-state index is 2.62. The highest BCUT2D eigenvalue weighted by Gasteiger charge is 2.53. The number of nitrogens with zero attached hydrogens (tertiary/aromatic N) is 4. The van der Waals surface area contributed by atoms with Crippen molar-refractivity contribution in [3.63, 3.8) is 0 Å². The third kappa shape index (κ3) is 6.41. The molecular formula is C88H60N4. The Balaban J connectivity index is 0.702. The number of benzene rings is 13. The molecule has 5 aliphatic rings. The lowest BCUT2D eigenvalue weighted by Gasteiger charge is -2.52. The minimum Gasteiger partial charge on any atom is -0.310 e. The minimum atomic E-state index is -0.468. The van der Waals surface area contributed by atoms with Gasteiger partial charge >= 0.3 is 0 Å². The fourth-order valence-electron chi connectivity index (χ4n) is 18.8. The van der Waals surface area contributed by atoms with Crippen molar-refractivity contribution < 1.29 is 0 Å². The summed E-state index contributed by atoms with van der Waals surface area (Å²) in [6.07, 6.45) is 8.29. The van der Waals surface area contributed by atoms with E-state index in [1.165, 1.54) is 168 Å². The normalized spacial score (nSPS) is 16.3. The molecule has 0 N–H and O–H groups in total. The summed E-state index contributed by atoms with van der Waals surface area (Å²) in [6.45, 7) is 0. The molecule has 0 radical (unpaired) electrons. The molecule has 4 nitrogen and oxygen atoms in total. The van der Waals surface area contributed by atoms with Gasteiger partial charge in [0.2, 0.25) is 0 Å². The first kappa shape index (κ1) is 50.6. The number of fused-ring (bicyclic) bond motifs is 24. The van der Waals surface area contributed by atoms with Crippen LogP contribution in [0.5, 0.6) is 0 Å². The molecule has 3 aliphatic carbocycles. The van der Waals surface area contributed by atoms with Gasteiger partial charge in [-0.25, -0.2) is 0 Å². The van der Waals surface area contributed by atoms with E-state index < -0.39 is 5.41 Å². The van der Waals surface area contributed by atoms with Crippen LogP contribution in [0.4, 0.5) is 34.1 Å². The van der Waals surface area contributed by atoms with Gasteiger partial charge in [0.15, 0.2) is 0 Å². The Morgan fingerprint density at radius 2 is 0.696 bits per heavy atom. The summed E-state index contributed by atoms with van der Waals surface area (Å²) in [4.78, 5) is 5.04. The topological polar surface area (TPSA) is 15.3 Å². The van der Waals surface area contributed by atoms with E-state index in [1.54, 1.807) is 5.57 Å². The van der Waals surface area contributed by atoms with Gasteiger partial charge in [-0.05, 0) is 189 Å². The molecule has 13 aromatic carbocycles. The number of aromatic nitrogens is 2. The number of hydrogen-bond acceptors (Lipinski definition) is 2. The summed E-state index contributed by atoms with van der Waals surface area (Å²) in [5.74, 6) is 0.525. The summed E-state index contributed by atoms with van der Waals surface area (Å²) in [5, 5.41) is 5.04. The van der Waals surface area contributed by atoms with Gasteiger partial charge in [-0.15, -0.1) is 0 Å². The minimum absolute atomic E-state index is 0.351. The Labute approximate surface area is 533 Å². The van der Waals surface area contributed by atoms with Gasteiger partial charge in [-0.2, -0.15) is 0 Å². The number of anilines is 6. The molecule has 1 unspecified atom stereocenters. The fourth-order valence-corrected chi connectivity index (χ4v) is 18.8. The Kier molecular flexibility index (Phi) is 10.3. The first-order valence-corrected chi connectivity index (χ1v) is 33.0. The van der Waals surface area contributed by atoms with Crippen molar-refractivity contribution in [2.45, 2.75) is 42.9 Å². The van der Waals surface area contributed by atoms with Crippen LogP contribution in [0.25, 0.3) is 76.9 Å². The van der Waals surface area contributed by atoms with Crippen molar-refractivity contribution in [2.24, 2.45) is 5.92 Å². The quantitative estimate of drug-likeness (QED) is 0.129. The van der Waals surface area contributed by atoms with Crippen LogP contribution in [0.3, 0.4) is 0 Å². The van der Waals surface area contributed by atoms with Crippen LogP contribution >= 0.6 is 0 Å². The first-order valence-electron chi connectivity index (χ1n) is 33.0.